The van der Waals surface area contributed by atoms with Crippen molar-refractivity contribution in [2.75, 3.05) is 0 Å². The van der Waals surface area contributed by atoms with Crippen molar-refractivity contribution in [3.63, 3.8) is 0 Å². The van der Waals surface area contributed by atoms with Crippen molar-refractivity contribution in [3.05, 3.63) is 53.4 Å². The second kappa shape index (κ2) is 5.52. The van der Waals surface area contributed by atoms with Crippen molar-refractivity contribution in [1.29, 1.82) is 0 Å². The first-order chi connectivity index (χ1) is 9.10. The molecule has 0 radical (unpaired) electrons. The number of nitrogens with zero attached hydrogens (tertiary/aromatic N) is 2. The zero-order chi connectivity index (χ0) is 13.8. The molecule has 2 rings (SSSR count). The highest BCUT2D eigenvalue weighted by Crippen LogP contribution is 2.13. The summed E-state index contributed by atoms with van der Waals surface area (Å²) in [6.45, 7) is 4.72. The van der Waals surface area contributed by atoms with E-state index in [0.717, 1.165) is 17.8 Å². The lowest BCUT2D eigenvalue weighted by Gasteiger charge is -1.96. The summed E-state index contributed by atoms with van der Waals surface area (Å²) in [6.07, 6.45) is 5.15. The number of aromatic nitrogens is 2. The molecule has 0 saturated carbocycles. The smallest absolute Gasteiger partial charge is 0.185 e. The molecule has 1 heterocycles. The number of ketones is 1. The molecule has 4 heteroatoms. The van der Waals surface area contributed by atoms with Crippen LogP contribution in [-0.4, -0.2) is 20.7 Å². The van der Waals surface area contributed by atoms with Crippen LogP contribution in [0.1, 0.15) is 28.5 Å². The van der Waals surface area contributed by atoms with E-state index in [9.17, 15) is 9.90 Å². The largest absolute Gasteiger partial charge is 0.508 e. The van der Waals surface area contributed by atoms with Crippen LogP contribution >= 0.6 is 0 Å². The van der Waals surface area contributed by atoms with Gasteiger partial charge in [0.1, 0.15) is 5.75 Å². The molecule has 0 fully saturated rings. The van der Waals surface area contributed by atoms with E-state index in [-0.39, 0.29) is 11.5 Å². The fraction of sp³-hybridized carbons (Fsp3) is 0.200. The fourth-order valence-corrected chi connectivity index (χ4v) is 1.78. The Morgan fingerprint density at radius 3 is 2.89 bits per heavy atom. The van der Waals surface area contributed by atoms with Gasteiger partial charge in [0.25, 0.3) is 0 Å². The third-order valence-electron chi connectivity index (χ3n) is 2.85. The number of benzene rings is 1. The molecule has 0 aliphatic rings. The number of aromatic hydroxyl groups is 1. The van der Waals surface area contributed by atoms with Crippen molar-refractivity contribution in [3.8, 4) is 5.75 Å². The predicted molar refractivity (Wildman–Crippen MR) is 74.1 cm³/mol. The lowest BCUT2D eigenvalue weighted by Crippen LogP contribution is -1.93. The van der Waals surface area contributed by atoms with Crippen LogP contribution in [0.2, 0.25) is 0 Å². The Balaban J connectivity index is 2.18. The molecule has 19 heavy (non-hydrogen) atoms. The Bertz CT molecular complexity index is 627. The third-order valence-corrected chi connectivity index (χ3v) is 2.85. The van der Waals surface area contributed by atoms with Crippen LogP contribution in [0.15, 0.2) is 36.5 Å². The van der Waals surface area contributed by atoms with Gasteiger partial charge >= 0.3 is 0 Å². The maximum atomic E-state index is 11.9. The minimum absolute atomic E-state index is 0.0919. The van der Waals surface area contributed by atoms with Crippen LogP contribution in [0.4, 0.5) is 0 Å². The lowest BCUT2D eigenvalue weighted by molar-refractivity contribution is 0.104. The Labute approximate surface area is 112 Å². The number of aryl methyl sites for hydroxylation is 2. The van der Waals surface area contributed by atoms with Gasteiger partial charge in [0, 0.05) is 23.9 Å². The molecule has 0 aliphatic carbocycles. The van der Waals surface area contributed by atoms with Crippen LogP contribution in [0.5, 0.6) is 5.75 Å². The summed E-state index contributed by atoms with van der Waals surface area (Å²) in [6, 6.07) is 6.32. The average Bonchev–Trinajstić information content (AvgIpc) is 2.76. The zero-order valence-electron chi connectivity index (χ0n) is 11.0. The normalized spacial score (nSPS) is 11.1. The number of carbonyl (C=O) groups excluding carboxylic acids is 1. The fourth-order valence-electron chi connectivity index (χ4n) is 1.78. The van der Waals surface area contributed by atoms with Crippen LogP contribution in [0, 0.1) is 6.92 Å². The van der Waals surface area contributed by atoms with E-state index in [2.05, 4.69) is 5.10 Å². The van der Waals surface area contributed by atoms with Crippen molar-refractivity contribution in [1.82, 2.24) is 9.78 Å². The van der Waals surface area contributed by atoms with E-state index in [0.29, 0.717) is 5.56 Å². The molecule has 1 N–H and O–H groups in total. The Hall–Kier alpha value is -2.36. The van der Waals surface area contributed by atoms with E-state index in [1.807, 2.05) is 24.7 Å². The molecule has 4 nitrogen and oxygen atoms in total. The van der Waals surface area contributed by atoms with Crippen molar-refractivity contribution in [2.45, 2.75) is 20.4 Å². The third kappa shape index (κ3) is 3.10. The molecule has 2 aromatic rings. The van der Waals surface area contributed by atoms with Crippen molar-refractivity contribution >= 4 is 11.9 Å². The molecule has 1 aromatic carbocycles. The zero-order valence-corrected chi connectivity index (χ0v) is 11.0. The van der Waals surface area contributed by atoms with Crippen LogP contribution in [-0.2, 0) is 6.54 Å². The number of rotatable bonds is 4. The molecule has 0 unspecified atom stereocenters. The highest BCUT2D eigenvalue weighted by molar-refractivity contribution is 6.07. The minimum Gasteiger partial charge on any atom is -0.508 e. The molecule has 98 valence electrons. The SMILES string of the molecule is CCn1cc(/C=C\C(=O)c2cccc(O)c2)c(C)n1. The Morgan fingerprint density at radius 1 is 1.47 bits per heavy atom. The van der Waals surface area contributed by atoms with Gasteiger partial charge in [-0.2, -0.15) is 5.10 Å². The number of hydrogen-bond acceptors (Lipinski definition) is 3. The molecule has 0 saturated heterocycles. The number of carbonyl (C=O) groups is 1. The Kier molecular flexibility index (Phi) is 3.80. The summed E-state index contributed by atoms with van der Waals surface area (Å²) < 4.78 is 1.83. The van der Waals surface area contributed by atoms with Gasteiger partial charge in [-0.3, -0.25) is 9.48 Å². The standard InChI is InChI=1S/C15H16N2O2/c1-3-17-10-13(11(2)16-17)7-8-15(19)12-5-4-6-14(18)9-12/h4-10,18H,3H2,1-2H3/b8-7-. The maximum absolute atomic E-state index is 11.9. The molecule has 1 aromatic heterocycles. The first-order valence-corrected chi connectivity index (χ1v) is 6.15. The van der Waals surface area contributed by atoms with Gasteiger partial charge in [-0.05, 0) is 38.1 Å². The first-order valence-electron chi connectivity index (χ1n) is 6.15. The van der Waals surface area contributed by atoms with Crippen molar-refractivity contribution < 1.29 is 9.90 Å². The summed E-state index contributed by atoms with van der Waals surface area (Å²) in [7, 11) is 0. The molecule has 0 aliphatic heterocycles. The molecule has 0 amide bonds. The van der Waals surface area contributed by atoms with Gasteiger partial charge < -0.3 is 5.11 Å². The molecule has 0 spiro atoms. The summed E-state index contributed by atoms with van der Waals surface area (Å²) in [4.78, 5) is 11.9. The van der Waals surface area contributed by atoms with E-state index in [1.54, 1.807) is 18.2 Å². The quantitative estimate of drug-likeness (QED) is 0.676. The van der Waals surface area contributed by atoms with Crippen LogP contribution in [0.3, 0.4) is 0 Å². The van der Waals surface area contributed by atoms with Crippen LogP contribution < -0.4 is 0 Å². The molecule has 0 atom stereocenters. The first kappa shape index (κ1) is 13.1. The average molecular weight is 256 g/mol. The minimum atomic E-state index is -0.139. The second-order valence-electron chi connectivity index (χ2n) is 4.27. The highest BCUT2D eigenvalue weighted by Gasteiger charge is 2.04. The lowest BCUT2D eigenvalue weighted by atomic mass is 10.1. The summed E-state index contributed by atoms with van der Waals surface area (Å²) >= 11 is 0. The predicted octanol–water partition coefficient (Wildman–Crippen LogP) is 2.81. The number of allylic oxidation sites excluding steroid dienone is 1. The second-order valence-corrected chi connectivity index (χ2v) is 4.27. The number of hydrogen-bond donors (Lipinski definition) is 1. The van der Waals surface area contributed by atoms with Crippen molar-refractivity contribution in [2.24, 2.45) is 0 Å². The topological polar surface area (TPSA) is 55.1 Å². The van der Waals surface area contributed by atoms with Gasteiger partial charge in [-0.15, -0.1) is 0 Å². The molecular weight excluding hydrogens is 240 g/mol. The summed E-state index contributed by atoms with van der Waals surface area (Å²) in [5.41, 5.74) is 2.29. The van der Waals surface area contributed by atoms with Crippen LogP contribution in [0.25, 0.3) is 6.08 Å². The van der Waals surface area contributed by atoms with E-state index < -0.39 is 0 Å². The summed E-state index contributed by atoms with van der Waals surface area (Å²) in [5.74, 6) is -0.0474. The van der Waals surface area contributed by atoms with Gasteiger partial charge in [0.15, 0.2) is 5.78 Å². The molecular formula is C15H16N2O2. The van der Waals surface area contributed by atoms with E-state index in [4.69, 9.17) is 0 Å². The van der Waals surface area contributed by atoms with Gasteiger partial charge in [-0.1, -0.05) is 12.1 Å². The van der Waals surface area contributed by atoms with Gasteiger partial charge in [0.2, 0.25) is 0 Å². The van der Waals surface area contributed by atoms with Gasteiger partial charge in [0.05, 0.1) is 5.69 Å². The van der Waals surface area contributed by atoms with E-state index >= 15 is 0 Å². The monoisotopic (exact) mass is 256 g/mol. The maximum Gasteiger partial charge on any atom is 0.185 e. The molecule has 0 bridgehead atoms. The highest BCUT2D eigenvalue weighted by atomic mass is 16.3. The number of phenols is 1. The summed E-state index contributed by atoms with van der Waals surface area (Å²) in [5, 5.41) is 13.6. The Morgan fingerprint density at radius 2 is 2.26 bits per heavy atom. The van der Waals surface area contributed by atoms with E-state index in [1.165, 1.54) is 18.2 Å². The number of phenolic OH excluding ortho intramolecular Hbond substituents is 1. The van der Waals surface area contributed by atoms with Gasteiger partial charge in [-0.25, -0.2) is 0 Å².